The first kappa shape index (κ1) is 21.7. The van der Waals surface area contributed by atoms with Gasteiger partial charge >= 0.3 is 0 Å². The van der Waals surface area contributed by atoms with Gasteiger partial charge in [0.15, 0.2) is 9.84 Å². The lowest BCUT2D eigenvalue weighted by Crippen LogP contribution is -2.43. The third-order valence-electron chi connectivity index (χ3n) is 4.89. The van der Waals surface area contributed by atoms with Gasteiger partial charge in [0, 0.05) is 19.5 Å². The van der Waals surface area contributed by atoms with Crippen LogP contribution >= 0.6 is 0 Å². The second-order valence-corrected chi connectivity index (χ2v) is 10.1. The number of carbonyl (C=O) groups is 1. The third-order valence-corrected chi connectivity index (χ3v) is 7.51. The standard InChI is InChI=1S/C21H33NO4S/c1-4-15-26-19-8-5-18(6-9-19)7-10-21(23)22-13-11-20(12-14-22)27(24,25)16-17(2)3/h5-6,8-9,17,20H,4,7,10-16H2,1-3H3. The van der Waals surface area contributed by atoms with Crippen LogP contribution in [-0.4, -0.2) is 49.9 Å². The number of nitrogens with zero attached hydrogens (tertiary/aromatic N) is 1. The van der Waals surface area contributed by atoms with Crippen LogP contribution in [0.4, 0.5) is 0 Å². The van der Waals surface area contributed by atoms with E-state index in [2.05, 4.69) is 6.92 Å². The van der Waals surface area contributed by atoms with E-state index in [-0.39, 0.29) is 22.8 Å². The molecule has 152 valence electrons. The first-order valence-electron chi connectivity index (χ1n) is 10.0. The Morgan fingerprint density at radius 3 is 2.37 bits per heavy atom. The Labute approximate surface area is 164 Å². The molecule has 1 aliphatic heterocycles. The maximum absolute atomic E-state index is 12.5. The molecule has 1 heterocycles. The van der Waals surface area contributed by atoms with E-state index in [1.807, 2.05) is 43.0 Å². The number of benzene rings is 1. The third kappa shape index (κ3) is 6.83. The van der Waals surface area contributed by atoms with Crippen LogP contribution in [0.1, 0.15) is 52.0 Å². The van der Waals surface area contributed by atoms with Crippen LogP contribution in [0.3, 0.4) is 0 Å². The molecular formula is C21H33NO4S. The molecular weight excluding hydrogens is 362 g/mol. The molecule has 1 fully saturated rings. The highest BCUT2D eigenvalue weighted by atomic mass is 32.2. The van der Waals surface area contributed by atoms with Gasteiger partial charge in [-0.25, -0.2) is 8.42 Å². The van der Waals surface area contributed by atoms with Gasteiger partial charge in [0.2, 0.25) is 5.91 Å². The van der Waals surface area contributed by atoms with Crippen LogP contribution in [0.2, 0.25) is 0 Å². The largest absolute Gasteiger partial charge is 0.494 e. The molecule has 1 amide bonds. The van der Waals surface area contributed by atoms with E-state index >= 15 is 0 Å². The summed E-state index contributed by atoms with van der Waals surface area (Å²) in [6.07, 6.45) is 3.25. The molecule has 0 aromatic heterocycles. The molecule has 6 heteroatoms. The minimum Gasteiger partial charge on any atom is -0.494 e. The fraction of sp³-hybridized carbons (Fsp3) is 0.667. The topological polar surface area (TPSA) is 63.7 Å². The van der Waals surface area contributed by atoms with Gasteiger partial charge in [-0.15, -0.1) is 0 Å². The Morgan fingerprint density at radius 1 is 1.19 bits per heavy atom. The number of aryl methyl sites for hydroxylation is 1. The van der Waals surface area contributed by atoms with E-state index in [9.17, 15) is 13.2 Å². The molecule has 0 radical (unpaired) electrons. The lowest BCUT2D eigenvalue weighted by molar-refractivity contribution is -0.132. The van der Waals surface area contributed by atoms with Gasteiger partial charge in [-0.05, 0) is 49.3 Å². The molecule has 0 atom stereocenters. The number of hydrogen-bond acceptors (Lipinski definition) is 4. The van der Waals surface area contributed by atoms with Crippen LogP contribution in [-0.2, 0) is 21.1 Å². The molecule has 2 rings (SSSR count). The summed E-state index contributed by atoms with van der Waals surface area (Å²) in [5.41, 5.74) is 1.11. The van der Waals surface area contributed by atoms with Crippen molar-refractivity contribution in [2.75, 3.05) is 25.4 Å². The average Bonchev–Trinajstić information content (AvgIpc) is 2.64. The second-order valence-electron chi connectivity index (χ2n) is 7.80. The van der Waals surface area contributed by atoms with E-state index in [0.29, 0.717) is 45.4 Å². The summed E-state index contributed by atoms with van der Waals surface area (Å²) in [6, 6.07) is 7.90. The van der Waals surface area contributed by atoms with Crippen molar-refractivity contribution in [3.63, 3.8) is 0 Å². The van der Waals surface area contributed by atoms with Crippen LogP contribution in [0.5, 0.6) is 5.75 Å². The molecule has 0 N–H and O–H groups in total. The number of hydrogen-bond donors (Lipinski definition) is 0. The minimum absolute atomic E-state index is 0.112. The first-order chi connectivity index (χ1) is 12.8. The highest BCUT2D eigenvalue weighted by Gasteiger charge is 2.31. The van der Waals surface area contributed by atoms with Gasteiger partial charge in [0.05, 0.1) is 17.6 Å². The smallest absolute Gasteiger partial charge is 0.222 e. The predicted molar refractivity (Wildman–Crippen MR) is 109 cm³/mol. The summed E-state index contributed by atoms with van der Waals surface area (Å²) >= 11 is 0. The Hall–Kier alpha value is -1.56. The van der Waals surface area contributed by atoms with E-state index in [1.54, 1.807) is 0 Å². The molecule has 1 aromatic rings. The van der Waals surface area contributed by atoms with Crippen LogP contribution < -0.4 is 4.74 Å². The molecule has 0 spiro atoms. The van der Waals surface area contributed by atoms with Crippen molar-refractivity contribution in [1.82, 2.24) is 4.90 Å². The highest BCUT2D eigenvalue weighted by Crippen LogP contribution is 2.21. The maximum Gasteiger partial charge on any atom is 0.222 e. The van der Waals surface area contributed by atoms with Gasteiger partial charge in [-0.2, -0.15) is 0 Å². The number of ether oxygens (including phenoxy) is 1. The van der Waals surface area contributed by atoms with E-state index < -0.39 is 9.84 Å². The first-order valence-corrected chi connectivity index (χ1v) is 11.7. The zero-order chi connectivity index (χ0) is 19.9. The minimum atomic E-state index is -3.05. The summed E-state index contributed by atoms with van der Waals surface area (Å²) in [5.74, 6) is 1.36. The molecule has 0 unspecified atom stereocenters. The molecule has 0 bridgehead atoms. The molecule has 0 saturated carbocycles. The van der Waals surface area contributed by atoms with Crippen molar-refractivity contribution in [3.8, 4) is 5.75 Å². The predicted octanol–water partition coefficient (Wildman–Crippen LogP) is 3.47. The summed E-state index contributed by atoms with van der Waals surface area (Å²) in [5, 5.41) is -0.292. The van der Waals surface area contributed by atoms with Crippen molar-refractivity contribution in [2.45, 2.75) is 58.1 Å². The Kier molecular flexibility index (Phi) is 8.14. The van der Waals surface area contributed by atoms with E-state index in [4.69, 9.17) is 4.74 Å². The SMILES string of the molecule is CCCOc1ccc(CCC(=O)N2CCC(S(=O)(=O)CC(C)C)CC2)cc1. The van der Waals surface area contributed by atoms with Crippen molar-refractivity contribution < 1.29 is 17.9 Å². The lowest BCUT2D eigenvalue weighted by Gasteiger charge is -2.32. The van der Waals surface area contributed by atoms with Gasteiger partial charge < -0.3 is 9.64 Å². The van der Waals surface area contributed by atoms with Gasteiger partial charge in [-0.3, -0.25) is 4.79 Å². The highest BCUT2D eigenvalue weighted by molar-refractivity contribution is 7.92. The zero-order valence-corrected chi connectivity index (χ0v) is 17.6. The van der Waals surface area contributed by atoms with Crippen molar-refractivity contribution in [1.29, 1.82) is 0 Å². The molecule has 27 heavy (non-hydrogen) atoms. The second kappa shape index (κ2) is 10.1. The van der Waals surface area contributed by atoms with Crippen molar-refractivity contribution >= 4 is 15.7 Å². The Balaban J connectivity index is 1.77. The monoisotopic (exact) mass is 395 g/mol. The number of piperidine rings is 1. The molecule has 5 nitrogen and oxygen atoms in total. The normalized spacial score (nSPS) is 15.9. The quantitative estimate of drug-likeness (QED) is 0.642. The molecule has 1 saturated heterocycles. The van der Waals surface area contributed by atoms with Gasteiger partial charge in [0.25, 0.3) is 0 Å². The molecule has 0 aliphatic carbocycles. The van der Waals surface area contributed by atoms with Crippen molar-refractivity contribution in [3.05, 3.63) is 29.8 Å². The molecule has 1 aromatic carbocycles. The van der Waals surface area contributed by atoms with E-state index in [0.717, 1.165) is 17.7 Å². The summed E-state index contributed by atoms with van der Waals surface area (Å²) < 4.78 is 30.3. The van der Waals surface area contributed by atoms with Crippen LogP contribution in [0, 0.1) is 5.92 Å². The summed E-state index contributed by atoms with van der Waals surface area (Å²) in [6.45, 7) is 7.73. The fourth-order valence-electron chi connectivity index (χ4n) is 3.45. The fourth-order valence-corrected chi connectivity index (χ4v) is 5.58. The van der Waals surface area contributed by atoms with Crippen LogP contribution in [0.25, 0.3) is 0 Å². The maximum atomic E-state index is 12.5. The van der Waals surface area contributed by atoms with Gasteiger partial charge in [-0.1, -0.05) is 32.9 Å². The lowest BCUT2D eigenvalue weighted by atomic mass is 10.1. The van der Waals surface area contributed by atoms with Gasteiger partial charge in [0.1, 0.15) is 5.75 Å². The Morgan fingerprint density at radius 2 is 1.81 bits per heavy atom. The number of likely N-dealkylation sites (tertiary alicyclic amines) is 1. The number of rotatable bonds is 9. The van der Waals surface area contributed by atoms with E-state index in [1.165, 1.54) is 0 Å². The van der Waals surface area contributed by atoms with Crippen LogP contribution in [0.15, 0.2) is 24.3 Å². The molecule has 1 aliphatic rings. The number of amides is 1. The Bertz CT molecular complexity index is 689. The number of sulfone groups is 1. The van der Waals surface area contributed by atoms with Crippen molar-refractivity contribution in [2.24, 2.45) is 5.92 Å². The summed E-state index contributed by atoms with van der Waals surface area (Å²) in [4.78, 5) is 14.3. The number of carbonyl (C=O) groups excluding carboxylic acids is 1. The summed E-state index contributed by atoms with van der Waals surface area (Å²) in [7, 11) is -3.05. The zero-order valence-electron chi connectivity index (χ0n) is 16.8. The average molecular weight is 396 g/mol.